The van der Waals surface area contributed by atoms with Crippen LogP contribution in [0.4, 0.5) is 14.6 Å². The van der Waals surface area contributed by atoms with Crippen LogP contribution >= 0.6 is 0 Å². The molecule has 1 N–H and O–H groups in total. The van der Waals surface area contributed by atoms with Gasteiger partial charge in [0.2, 0.25) is 5.88 Å². The molecule has 3 nitrogen and oxygen atoms in total. The fourth-order valence-electron chi connectivity index (χ4n) is 1.46. The van der Waals surface area contributed by atoms with E-state index < -0.39 is 11.6 Å². The summed E-state index contributed by atoms with van der Waals surface area (Å²) in [5, 5.41) is 3.02. The summed E-state index contributed by atoms with van der Waals surface area (Å²) in [6.07, 6.45) is 0. The minimum absolute atomic E-state index is 0.0775. The van der Waals surface area contributed by atoms with Crippen molar-refractivity contribution < 1.29 is 13.5 Å². The van der Waals surface area contributed by atoms with Crippen LogP contribution in [0.1, 0.15) is 6.92 Å². The molecular formula is C13H12F2N2O. The number of rotatable bonds is 4. The predicted molar refractivity (Wildman–Crippen MR) is 64.8 cm³/mol. The summed E-state index contributed by atoms with van der Waals surface area (Å²) in [5.41, 5.74) is 0. The second-order valence-corrected chi connectivity index (χ2v) is 3.60. The van der Waals surface area contributed by atoms with Gasteiger partial charge in [0.25, 0.3) is 0 Å². The second-order valence-electron chi connectivity index (χ2n) is 3.60. The number of hydrogen-bond donors (Lipinski definition) is 1. The van der Waals surface area contributed by atoms with Crippen molar-refractivity contribution in [3.63, 3.8) is 0 Å². The lowest BCUT2D eigenvalue weighted by atomic mass is 10.3. The van der Waals surface area contributed by atoms with Gasteiger partial charge in [0.15, 0.2) is 0 Å². The maximum Gasteiger partial charge on any atom is 0.221 e. The van der Waals surface area contributed by atoms with E-state index in [9.17, 15) is 8.78 Å². The van der Waals surface area contributed by atoms with Crippen molar-refractivity contribution in [2.24, 2.45) is 0 Å². The van der Waals surface area contributed by atoms with Crippen LogP contribution in [0.3, 0.4) is 0 Å². The Bertz CT molecular complexity index is 526. The Hall–Kier alpha value is -2.17. The van der Waals surface area contributed by atoms with Crippen molar-refractivity contribution in [3.05, 3.63) is 48.0 Å². The second kappa shape index (κ2) is 5.44. The number of nitrogens with one attached hydrogen (secondary N) is 1. The van der Waals surface area contributed by atoms with Gasteiger partial charge in [-0.1, -0.05) is 6.07 Å². The van der Waals surface area contributed by atoms with Crippen LogP contribution in [0.2, 0.25) is 0 Å². The Labute approximate surface area is 103 Å². The SMILES string of the molecule is CCNc1cccc(Oc2cc(F)cc(F)c2)n1. The lowest BCUT2D eigenvalue weighted by molar-refractivity contribution is 0.452. The Balaban J connectivity index is 2.20. The normalized spacial score (nSPS) is 10.2. The highest BCUT2D eigenvalue weighted by Crippen LogP contribution is 2.22. The maximum absolute atomic E-state index is 13.0. The summed E-state index contributed by atoms with van der Waals surface area (Å²) in [5.74, 6) is -0.375. The molecule has 18 heavy (non-hydrogen) atoms. The lowest BCUT2D eigenvalue weighted by Crippen LogP contribution is -1.99. The molecule has 0 saturated carbocycles. The van der Waals surface area contributed by atoms with Gasteiger partial charge in [0.05, 0.1) is 0 Å². The molecule has 0 amide bonds. The van der Waals surface area contributed by atoms with Crippen molar-refractivity contribution in [1.29, 1.82) is 0 Å². The number of halogens is 2. The van der Waals surface area contributed by atoms with Gasteiger partial charge >= 0.3 is 0 Å². The number of nitrogens with zero attached hydrogens (tertiary/aromatic N) is 1. The molecule has 2 aromatic rings. The molecule has 1 aromatic carbocycles. The van der Waals surface area contributed by atoms with Crippen LogP contribution in [0.15, 0.2) is 36.4 Å². The van der Waals surface area contributed by atoms with E-state index >= 15 is 0 Å². The third-order valence-electron chi connectivity index (χ3n) is 2.14. The molecule has 0 saturated heterocycles. The minimum Gasteiger partial charge on any atom is -0.439 e. The van der Waals surface area contributed by atoms with Crippen LogP contribution in [0.25, 0.3) is 0 Å². The zero-order valence-corrected chi connectivity index (χ0v) is 9.78. The van der Waals surface area contributed by atoms with Gasteiger partial charge in [-0.05, 0) is 13.0 Å². The van der Waals surface area contributed by atoms with Crippen LogP contribution in [0.5, 0.6) is 11.6 Å². The van der Waals surface area contributed by atoms with Crippen LogP contribution < -0.4 is 10.1 Å². The van der Waals surface area contributed by atoms with Gasteiger partial charge in [-0.15, -0.1) is 0 Å². The van der Waals surface area contributed by atoms with Gasteiger partial charge in [-0.2, -0.15) is 4.98 Å². The summed E-state index contributed by atoms with van der Waals surface area (Å²) >= 11 is 0. The highest BCUT2D eigenvalue weighted by atomic mass is 19.1. The molecule has 0 unspecified atom stereocenters. The number of benzene rings is 1. The number of aromatic nitrogens is 1. The Kier molecular flexibility index (Phi) is 3.72. The predicted octanol–water partition coefficient (Wildman–Crippen LogP) is 3.58. The Morgan fingerprint density at radius 1 is 1.17 bits per heavy atom. The molecule has 0 fully saturated rings. The molecule has 0 aliphatic carbocycles. The van der Waals surface area contributed by atoms with Crippen LogP contribution in [-0.4, -0.2) is 11.5 Å². The largest absolute Gasteiger partial charge is 0.439 e. The van der Waals surface area contributed by atoms with Crippen molar-refractivity contribution in [2.75, 3.05) is 11.9 Å². The molecule has 0 spiro atoms. The minimum atomic E-state index is -0.687. The van der Waals surface area contributed by atoms with Gasteiger partial charge in [-0.25, -0.2) is 8.78 Å². The molecule has 2 rings (SSSR count). The molecule has 0 aliphatic heterocycles. The van der Waals surface area contributed by atoms with Crippen molar-refractivity contribution in [3.8, 4) is 11.6 Å². The summed E-state index contributed by atoms with van der Waals surface area (Å²) < 4.78 is 31.3. The zero-order valence-electron chi connectivity index (χ0n) is 9.78. The van der Waals surface area contributed by atoms with Crippen molar-refractivity contribution in [2.45, 2.75) is 6.92 Å². The first-order valence-electron chi connectivity index (χ1n) is 5.52. The van der Waals surface area contributed by atoms with E-state index in [1.54, 1.807) is 18.2 Å². The zero-order chi connectivity index (χ0) is 13.0. The topological polar surface area (TPSA) is 34.1 Å². The van der Waals surface area contributed by atoms with Gasteiger partial charge in [0.1, 0.15) is 23.2 Å². The third-order valence-corrected chi connectivity index (χ3v) is 2.14. The maximum atomic E-state index is 13.0. The molecule has 1 aromatic heterocycles. The molecule has 94 valence electrons. The summed E-state index contributed by atoms with van der Waals surface area (Å²) in [4.78, 5) is 4.14. The van der Waals surface area contributed by atoms with Crippen LogP contribution in [0, 0.1) is 11.6 Å². The molecule has 5 heteroatoms. The molecule has 0 bridgehead atoms. The molecule has 0 aliphatic rings. The molecule has 1 heterocycles. The first kappa shape index (κ1) is 12.3. The van der Waals surface area contributed by atoms with E-state index in [-0.39, 0.29) is 11.6 Å². The number of hydrogen-bond acceptors (Lipinski definition) is 3. The average Bonchev–Trinajstić information content (AvgIpc) is 2.28. The fraction of sp³-hybridized carbons (Fsp3) is 0.154. The van der Waals surface area contributed by atoms with Gasteiger partial charge in [0, 0.05) is 30.8 Å². The molecule has 0 atom stereocenters. The first-order valence-corrected chi connectivity index (χ1v) is 5.52. The van der Waals surface area contributed by atoms with E-state index in [4.69, 9.17) is 4.74 Å². The average molecular weight is 250 g/mol. The van der Waals surface area contributed by atoms with E-state index in [0.29, 0.717) is 5.82 Å². The van der Waals surface area contributed by atoms with E-state index in [1.165, 1.54) is 0 Å². The van der Waals surface area contributed by atoms with Gasteiger partial charge in [-0.3, -0.25) is 0 Å². The molecular weight excluding hydrogens is 238 g/mol. The summed E-state index contributed by atoms with van der Waals surface area (Å²) in [7, 11) is 0. The van der Waals surface area contributed by atoms with Crippen molar-refractivity contribution >= 4 is 5.82 Å². The number of anilines is 1. The van der Waals surface area contributed by atoms with Crippen molar-refractivity contribution in [1.82, 2.24) is 4.98 Å². The fourth-order valence-corrected chi connectivity index (χ4v) is 1.46. The number of pyridine rings is 1. The highest BCUT2D eigenvalue weighted by Gasteiger charge is 2.04. The monoisotopic (exact) mass is 250 g/mol. The van der Waals surface area contributed by atoms with Crippen LogP contribution in [-0.2, 0) is 0 Å². The standard InChI is InChI=1S/C13H12F2N2O/c1-2-16-12-4-3-5-13(17-12)18-11-7-9(14)6-10(15)8-11/h3-8H,2H2,1H3,(H,16,17). The van der Waals surface area contributed by atoms with E-state index in [1.807, 2.05) is 6.92 Å². The highest BCUT2D eigenvalue weighted by molar-refractivity contribution is 5.38. The quantitative estimate of drug-likeness (QED) is 0.900. The smallest absolute Gasteiger partial charge is 0.221 e. The molecule has 0 radical (unpaired) electrons. The summed E-state index contributed by atoms with van der Waals surface area (Å²) in [6, 6.07) is 8.13. The Morgan fingerprint density at radius 2 is 1.89 bits per heavy atom. The first-order chi connectivity index (χ1) is 8.67. The summed E-state index contributed by atoms with van der Waals surface area (Å²) in [6.45, 7) is 2.67. The van der Waals surface area contributed by atoms with Gasteiger partial charge < -0.3 is 10.1 Å². The van der Waals surface area contributed by atoms with E-state index in [2.05, 4.69) is 10.3 Å². The third kappa shape index (κ3) is 3.16. The van der Waals surface area contributed by atoms with E-state index in [0.717, 1.165) is 24.7 Å². The Morgan fingerprint density at radius 3 is 2.56 bits per heavy atom. The number of ether oxygens (including phenoxy) is 1. The lowest BCUT2D eigenvalue weighted by Gasteiger charge is -2.07.